The van der Waals surface area contributed by atoms with Crippen molar-refractivity contribution < 1.29 is 29.0 Å². The summed E-state index contributed by atoms with van der Waals surface area (Å²) in [5.74, 6) is -2.41. The Labute approximate surface area is 124 Å². The predicted molar refractivity (Wildman–Crippen MR) is 74.4 cm³/mol. The molecule has 0 aliphatic rings. The molecule has 1 unspecified atom stereocenters. The summed E-state index contributed by atoms with van der Waals surface area (Å²) < 4.78 is 9.91. The Morgan fingerprint density at radius 3 is 1.76 bits per heavy atom. The molecule has 0 heterocycles. The van der Waals surface area contributed by atoms with Crippen LogP contribution in [-0.4, -0.2) is 40.0 Å². The highest BCUT2D eigenvalue weighted by atomic mass is 16.6. The van der Waals surface area contributed by atoms with Gasteiger partial charge in [0.2, 0.25) is 5.66 Å². The lowest BCUT2D eigenvalue weighted by molar-refractivity contribution is -0.161. The molecule has 0 radical (unpaired) electrons. The molecule has 0 saturated carbocycles. The molecular formula is C13H24N2O6. The molecule has 21 heavy (non-hydrogen) atoms. The van der Waals surface area contributed by atoms with E-state index in [1.54, 1.807) is 41.5 Å². The number of carbonyl (C=O) groups excluding carboxylic acids is 2. The largest absolute Gasteiger partial charge is 0.478 e. The summed E-state index contributed by atoms with van der Waals surface area (Å²) in [6.45, 7) is 9.72. The van der Waals surface area contributed by atoms with E-state index in [0.29, 0.717) is 0 Å². The molecule has 1 atom stereocenters. The zero-order valence-electron chi connectivity index (χ0n) is 13.3. The van der Waals surface area contributed by atoms with Crippen LogP contribution in [0, 0.1) is 0 Å². The molecule has 0 aromatic carbocycles. The number of nitrogens with two attached hydrogens (primary N) is 1. The molecule has 8 heteroatoms. The van der Waals surface area contributed by atoms with Crippen LogP contribution in [-0.2, 0) is 19.1 Å². The Kier molecular flexibility index (Phi) is 5.75. The molecule has 0 aromatic rings. The smallest absolute Gasteiger partial charge is 0.409 e. The van der Waals surface area contributed by atoms with Crippen molar-refractivity contribution in [1.82, 2.24) is 5.32 Å². The Morgan fingerprint density at radius 2 is 1.43 bits per heavy atom. The van der Waals surface area contributed by atoms with Crippen molar-refractivity contribution in [3.8, 4) is 0 Å². The van der Waals surface area contributed by atoms with Gasteiger partial charge in [-0.25, -0.2) is 9.59 Å². The molecule has 0 rings (SSSR count). The highest BCUT2D eigenvalue weighted by Gasteiger charge is 2.40. The average molecular weight is 304 g/mol. The molecule has 0 aliphatic carbocycles. The van der Waals surface area contributed by atoms with Crippen molar-refractivity contribution in [2.45, 2.75) is 64.8 Å². The van der Waals surface area contributed by atoms with E-state index in [-0.39, 0.29) is 0 Å². The van der Waals surface area contributed by atoms with Crippen LogP contribution in [0.25, 0.3) is 0 Å². The maximum atomic E-state index is 11.7. The van der Waals surface area contributed by atoms with Crippen LogP contribution in [0.2, 0.25) is 0 Å². The van der Waals surface area contributed by atoms with Crippen molar-refractivity contribution in [2.24, 2.45) is 5.73 Å². The number of aliphatic carboxylic acids is 1. The van der Waals surface area contributed by atoms with Crippen LogP contribution < -0.4 is 11.1 Å². The highest BCUT2D eigenvalue weighted by Crippen LogP contribution is 2.14. The second-order valence-corrected chi connectivity index (χ2v) is 6.67. The molecule has 0 fully saturated rings. The summed E-state index contributed by atoms with van der Waals surface area (Å²) in [6.07, 6.45) is -1.75. The first-order chi connectivity index (χ1) is 9.15. The normalized spacial score (nSPS) is 14.8. The van der Waals surface area contributed by atoms with Gasteiger partial charge < -0.3 is 14.6 Å². The lowest BCUT2D eigenvalue weighted by atomic mass is 10.1. The fraction of sp³-hybridized carbons (Fsp3) is 0.769. The Morgan fingerprint density at radius 1 is 1.00 bits per heavy atom. The van der Waals surface area contributed by atoms with Gasteiger partial charge in [0.15, 0.2) is 0 Å². The van der Waals surface area contributed by atoms with Crippen LogP contribution in [0.4, 0.5) is 4.79 Å². The van der Waals surface area contributed by atoms with Gasteiger partial charge in [-0.3, -0.25) is 15.8 Å². The molecule has 0 aliphatic heterocycles. The Bertz CT molecular complexity index is 389. The number of carboxylic acid groups (broad SMARTS) is 1. The van der Waals surface area contributed by atoms with Gasteiger partial charge in [-0.15, -0.1) is 0 Å². The molecule has 8 nitrogen and oxygen atoms in total. The number of amides is 1. The maximum absolute atomic E-state index is 11.7. The van der Waals surface area contributed by atoms with Crippen LogP contribution in [0.5, 0.6) is 0 Å². The van der Waals surface area contributed by atoms with E-state index >= 15 is 0 Å². The SMILES string of the molecule is CC(C)(C)OC(=O)CC(N)(NC(=O)OC(C)(C)C)C(=O)O. The first kappa shape index (κ1) is 19.2. The summed E-state index contributed by atoms with van der Waals surface area (Å²) in [7, 11) is 0. The summed E-state index contributed by atoms with van der Waals surface area (Å²) in [5.41, 5.74) is 1.65. The second kappa shape index (κ2) is 6.30. The predicted octanol–water partition coefficient (Wildman–Crippen LogP) is 0.983. The molecule has 4 N–H and O–H groups in total. The number of esters is 1. The zero-order valence-corrected chi connectivity index (χ0v) is 13.3. The third kappa shape index (κ3) is 8.13. The van der Waals surface area contributed by atoms with Crippen molar-refractivity contribution in [1.29, 1.82) is 0 Å². The summed E-state index contributed by atoms with van der Waals surface area (Å²) in [5, 5.41) is 11.1. The molecule has 0 bridgehead atoms. The fourth-order valence-electron chi connectivity index (χ4n) is 1.26. The van der Waals surface area contributed by atoms with E-state index in [2.05, 4.69) is 0 Å². The minimum Gasteiger partial charge on any atom is -0.478 e. The maximum Gasteiger partial charge on any atom is 0.409 e. The van der Waals surface area contributed by atoms with E-state index in [1.165, 1.54) is 0 Å². The fourth-order valence-corrected chi connectivity index (χ4v) is 1.26. The van der Waals surface area contributed by atoms with Crippen molar-refractivity contribution in [3.05, 3.63) is 0 Å². The van der Waals surface area contributed by atoms with Gasteiger partial charge in [-0.1, -0.05) is 0 Å². The summed E-state index contributed by atoms with van der Waals surface area (Å²) in [6, 6.07) is 0. The van der Waals surface area contributed by atoms with Gasteiger partial charge in [-0.05, 0) is 41.5 Å². The molecule has 0 aromatic heterocycles. The molecule has 122 valence electrons. The van der Waals surface area contributed by atoms with Gasteiger partial charge in [0.1, 0.15) is 11.2 Å². The number of alkyl carbamates (subject to hydrolysis) is 1. The number of nitrogens with one attached hydrogen (secondary N) is 1. The molecule has 0 saturated heterocycles. The van der Waals surface area contributed by atoms with Gasteiger partial charge in [0.25, 0.3) is 0 Å². The quantitative estimate of drug-likeness (QED) is 0.521. The molecule has 0 spiro atoms. The lowest BCUT2D eigenvalue weighted by Gasteiger charge is -2.28. The Hall–Kier alpha value is -1.83. The summed E-state index contributed by atoms with van der Waals surface area (Å²) >= 11 is 0. The first-order valence-electron chi connectivity index (χ1n) is 6.40. The van der Waals surface area contributed by atoms with Crippen molar-refractivity contribution in [3.63, 3.8) is 0 Å². The van der Waals surface area contributed by atoms with Crippen molar-refractivity contribution in [2.75, 3.05) is 0 Å². The monoisotopic (exact) mass is 304 g/mol. The first-order valence-corrected chi connectivity index (χ1v) is 6.40. The van der Waals surface area contributed by atoms with E-state index in [9.17, 15) is 14.4 Å². The number of rotatable bonds is 4. The van der Waals surface area contributed by atoms with E-state index in [1.807, 2.05) is 5.32 Å². The van der Waals surface area contributed by atoms with Gasteiger partial charge >= 0.3 is 18.0 Å². The third-order valence-corrected chi connectivity index (χ3v) is 1.95. The van der Waals surface area contributed by atoms with Crippen LogP contribution >= 0.6 is 0 Å². The second-order valence-electron chi connectivity index (χ2n) is 6.67. The Balaban J connectivity index is 4.90. The lowest BCUT2D eigenvalue weighted by Crippen LogP contribution is -2.63. The van der Waals surface area contributed by atoms with Crippen LogP contribution in [0.15, 0.2) is 0 Å². The standard InChI is InChI=1S/C13H24N2O6/c1-11(2,3)20-8(16)7-13(14,9(17)18)15-10(19)21-12(4,5)6/h7,14H2,1-6H3,(H,15,19)(H,17,18). The number of hydrogen-bond donors (Lipinski definition) is 3. The van der Waals surface area contributed by atoms with Gasteiger partial charge in [0.05, 0.1) is 6.42 Å². The third-order valence-electron chi connectivity index (χ3n) is 1.95. The number of ether oxygens (including phenoxy) is 2. The van der Waals surface area contributed by atoms with E-state index < -0.39 is 41.3 Å². The number of carboxylic acids is 1. The minimum atomic E-state index is -2.30. The van der Waals surface area contributed by atoms with Gasteiger partial charge in [0, 0.05) is 0 Å². The number of carbonyl (C=O) groups is 3. The van der Waals surface area contributed by atoms with Crippen LogP contribution in [0.1, 0.15) is 48.0 Å². The molecule has 1 amide bonds. The van der Waals surface area contributed by atoms with Crippen LogP contribution in [0.3, 0.4) is 0 Å². The summed E-state index contributed by atoms with van der Waals surface area (Å²) in [4.78, 5) is 34.5. The highest BCUT2D eigenvalue weighted by molar-refractivity contribution is 5.88. The number of hydrogen-bond acceptors (Lipinski definition) is 6. The van der Waals surface area contributed by atoms with E-state index in [0.717, 1.165) is 0 Å². The van der Waals surface area contributed by atoms with Crippen molar-refractivity contribution >= 4 is 18.0 Å². The topological polar surface area (TPSA) is 128 Å². The zero-order chi connectivity index (χ0) is 17.1. The van der Waals surface area contributed by atoms with E-state index in [4.69, 9.17) is 20.3 Å². The molecular weight excluding hydrogens is 280 g/mol. The minimum absolute atomic E-state index is 0.723. The van der Waals surface area contributed by atoms with Gasteiger partial charge in [-0.2, -0.15) is 0 Å². The average Bonchev–Trinajstić information content (AvgIpc) is 2.08.